The van der Waals surface area contributed by atoms with Crippen LogP contribution in [0.25, 0.3) is 11.0 Å². The first-order valence-corrected chi connectivity index (χ1v) is 5.93. The number of hydrogen-bond donors (Lipinski definition) is 1. The van der Waals surface area contributed by atoms with Crippen LogP contribution in [0.2, 0.25) is 0 Å². The van der Waals surface area contributed by atoms with Crippen LogP contribution in [-0.4, -0.2) is 10.5 Å². The summed E-state index contributed by atoms with van der Waals surface area (Å²) >= 11 is 0. The summed E-state index contributed by atoms with van der Waals surface area (Å²) in [5.74, 6) is 0.966. The fourth-order valence-corrected chi connectivity index (χ4v) is 2.42. The average molecular weight is 216 g/mol. The first-order valence-electron chi connectivity index (χ1n) is 5.93. The van der Waals surface area contributed by atoms with Crippen molar-refractivity contribution in [2.45, 2.75) is 38.1 Å². The zero-order valence-corrected chi connectivity index (χ0v) is 9.49. The average Bonchev–Trinajstić information content (AvgIpc) is 2.72. The molecule has 16 heavy (non-hydrogen) atoms. The fourth-order valence-electron chi connectivity index (χ4n) is 2.42. The number of fused-ring (bicyclic) bond motifs is 1. The second kappa shape index (κ2) is 3.51. The summed E-state index contributed by atoms with van der Waals surface area (Å²) in [6.45, 7) is 2.24. The van der Waals surface area contributed by atoms with Crippen molar-refractivity contribution in [3.8, 4) is 0 Å². The van der Waals surface area contributed by atoms with E-state index >= 15 is 0 Å². The van der Waals surface area contributed by atoms with Crippen LogP contribution in [0.1, 0.15) is 32.6 Å². The molecule has 0 atom stereocenters. The van der Waals surface area contributed by atoms with E-state index in [1.165, 1.54) is 19.3 Å². The van der Waals surface area contributed by atoms with E-state index in [9.17, 15) is 0 Å². The molecule has 0 spiro atoms. The van der Waals surface area contributed by atoms with E-state index in [0.717, 1.165) is 23.2 Å². The lowest BCUT2D eigenvalue weighted by molar-refractivity contribution is 0.269. The Hall–Kier alpha value is -1.51. The molecule has 0 radical (unpaired) electrons. The van der Waals surface area contributed by atoms with Crippen LogP contribution < -0.4 is 5.32 Å². The third kappa shape index (κ3) is 1.39. The van der Waals surface area contributed by atoms with Crippen molar-refractivity contribution in [2.75, 3.05) is 5.32 Å². The van der Waals surface area contributed by atoms with Crippen molar-refractivity contribution in [1.82, 2.24) is 4.98 Å². The van der Waals surface area contributed by atoms with E-state index in [-0.39, 0.29) is 5.54 Å². The summed E-state index contributed by atoms with van der Waals surface area (Å²) in [7, 11) is 0. The molecule has 1 N–H and O–H groups in total. The summed E-state index contributed by atoms with van der Waals surface area (Å²) in [5.41, 5.74) is 1.18. The van der Waals surface area contributed by atoms with Gasteiger partial charge in [0.15, 0.2) is 0 Å². The van der Waals surface area contributed by atoms with E-state index in [4.69, 9.17) is 4.42 Å². The van der Waals surface area contributed by atoms with E-state index in [2.05, 4.69) is 17.2 Å². The molecule has 2 aromatic rings. The van der Waals surface area contributed by atoms with Crippen molar-refractivity contribution < 1.29 is 4.42 Å². The second-order valence-electron chi connectivity index (χ2n) is 4.60. The van der Waals surface area contributed by atoms with E-state index in [1.807, 2.05) is 12.1 Å². The molecule has 0 aliphatic heterocycles. The normalized spacial score (nSPS) is 18.3. The molecule has 3 rings (SSSR count). The molecule has 3 heteroatoms. The Balaban J connectivity index is 1.96. The largest absolute Gasteiger partial charge is 0.464 e. The molecule has 1 aliphatic rings. The molecule has 0 saturated heterocycles. The molecule has 0 unspecified atom stereocenters. The van der Waals surface area contributed by atoms with Crippen LogP contribution in [0, 0.1) is 0 Å². The predicted molar refractivity (Wildman–Crippen MR) is 64.5 cm³/mol. The van der Waals surface area contributed by atoms with E-state index < -0.39 is 0 Å². The topological polar surface area (TPSA) is 38.1 Å². The van der Waals surface area contributed by atoms with Gasteiger partial charge in [0.2, 0.25) is 0 Å². The first kappa shape index (κ1) is 9.70. The maximum absolute atomic E-state index is 5.38. The van der Waals surface area contributed by atoms with Crippen LogP contribution >= 0.6 is 0 Å². The Morgan fingerprint density at radius 3 is 3.00 bits per heavy atom. The SMILES string of the molecule is CCC1(Nc2nccc3occc23)CCC1. The van der Waals surface area contributed by atoms with Crippen LogP contribution in [0.4, 0.5) is 5.82 Å². The van der Waals surface area contributed by atoms with Gasteiger partial charge < -0.3 is 9.73 Å². The summed E-state index contributed by atoms with van der Waals surface area (Å²) < 4.78 is 5.38. The standard InChI is InChI=1S/C13H16N2O/c1-2-13(6-3-7-13)15-12-10-5-9-16-11(10)4-8-14-12/h4-5,8-9H,2-3,6-7H2,1H3,(H,14,15). The minimum atomic E-state index is 0.276. The first-order chi connectivity index (χ1) is 7.83. The molecule has 0 aromatic carbocycles. The number of aromatic nitrogens is 1. The predicted octanol–water partition coefficient (Wildman–Crippen LogP) is 3.57. The minimum absolute atomic E-state index is 0.276. The molecule has 84 valence electrons. The molecule has 1 saturated carbocycles. The van der Waals surface area contributed by atoms with Gasteiger partial charge in [-0.15, -0.1) is 0 Å². The third-order valence-corrected chi connectivity index (χ3v) is 3.75. The van der Waals surface area contributed by atoms with Gasteiger partial charge in [0, 0.05) is 11.7 Å². The van der Waals surface area contributed by atoms with Gasteiger partial charge in [-0.1, -0.05) is 6.92 Å². The zero-order chi connectivity index (χ0) is 11.0. The third-order valence-electron chi connectivity index (χ3n) is 3.75. The van der Waals surface area contributed by atoms with E-state index in [0.29, 0.717) is 0 Å². The zero-order valence-electron chi connectivity index (χ0n) is 9.49. The van der Waals surface area contributed by atoms with E-state index in [1.54, 1.807) is 12.5 Å². The van der Waals surface area contributed by atoms with Gasteiger partial charge in [-0.05, 0) is 37.8 Å². The summed E-state index contributed by atoms with van der Waals surface area (Å²) in [6.07, 6.45) is 8.50. The van der Waals surface area contributed by atoms with Gasteiger partial charge in [0.05, 0.1) is 11.6 Å². The Morgan fingerprint density at radius 2 is 2.31 bits per heavy atom. The molecule has 2 aromatic heterocycles. The van der Waals surface area contributed by atoms with Crippen molar-refractivity contribution in [3.05, 3.63) is 24.6 Å². The lowest BCUT2D eigenvalue weighted by Crippen LogP contribution is -2.44. The quantitative estimate of drug-likeness (QED) is 0.852. The molecule has 1 aliphatic carbocycles. The number of furan rings is 1. The maximum Gasteiger partial charge on any atom is 0.139 e. The molecule has 0 amide bonds. The van der Waals surface area contributed by atoms with Crippen LogP contribution in [-0.2, 0) is 0 Å². The Bertz CT molecular complexity index is 494. The van der Waals surface area contributed by atoms with Crippen LogP contribution in [0.15, 0.2) is 29.0 Å². The molecule has 0 bridgehead atoms. The van der Waals surface area contributed by atoms with Gasteiger partial charge >= 0.3 is 0 Å². The highest BCUT2D eigenvalue weighted by molar-refractivity contribution is 5.88. The van der Waals surface area contributed by atoms with Gasteiger partial charge in [-0.25, -0.2) is 4.98 Å². The lowest BCUT2D eigenvalue weighted by atomic mass is 9.75. The smallest absolute Gasteiger partial charge is 0.139 e. The Labute approximate surface area is 94.9 Å². The van der Waals surface area contributed by atoms with Crippen molar-refractivity contribution >= 4 is 16.8 Å². The fraction of sp³-hybridized carbons (Fsp3) is 0.462. The summed E-state index contributed by atoms with van der Waals surface area (Å²) in [4.78, 5) is 4.42. The Morgan fingerprint density at radius 1 is 1.44 bits per heavy atom. The molecular formula is C13H16N2O. The lowest BCUT2D eigenvalue weighted by Gasteiger charge is -2.42. The number of nitrogens with zero attached hydrogens (tertiary/aromatic N) is 1. The monoisotopic (exact) mass is 216 g/mol. The molecule has 3 nitrogen and oxygen atoms in total. The minimum Gasteiger partial charge on any atom is -0.464 e. The van der Waals surface area contributed by atoms with Gasteiger partial charge in [0.1, 0.15) is 11.4 Å². The van der Waals surface area contributed by atoms with Crippen molar-refractivity contribution in [1.29, 1.82) is 0 Å². The van der Waals surface area contributed by atoms with Crippen molar-refractivity contribution in [3.63, 3.8) is 0 Å². The highest BCUT2D eigenvalue weighted by atomic mass is 16.3. The van der Waals surface area contributed by atoms with Gasteiger partial charge in [-0.3, -0.25) is 0 Å². The number of hydrogen-bond acceptors (Lipinski definition) is 3. The van der Waals surface area contributed by atoms with Crippen LogP contribution in [0.3, 0.4) is 0 Å². The number of rotatable bonds is 3. The van der Waals surface area contributed by atoms with Crippen LogP contribution in [0.5, 0.6) is 0 Å². The second-order valence-corrected chi connectivity index (χ2v) is 4.60. The molecule has 1 fully saturated rings. The van der Waals surface area contributed by atoms with Gasteiger partial charge in [-0.2, -0.15) is 0 Å². The van der Waals surface area contributed by atoms with Gasteiger partial charge in [0.25, 0.3) is 0 Å². The highest BCUT2D eigenvalue weighted by Gasteiger charge is 2.35. The number of nitrogens with one attached hydrogen (secondary N) is 1. The summed E-state index contributed by atoms with van der Waals surface area (Å²) in [5, 5.41) is 4.68. The molecule has 2 heterocycles. The maximum atomic E-state index is 5.38. The highest BCUT2D eigenvalue weighted by Crippen LogP contribution is 2.38. The summed E-state index contributed by atoms with van der Waals surface area (Å²) in [6, 6.07) is 3.88. The number of pyridine rings is 1. The molecular weight excluding hydrogens is 200 g/mol. The Kier molecular flexibility index (Phi) is 2.13. The number of anilines is 1. The van der Waals surface area contributed by atoms with Crippen molar-refractivity contribution in [2.24, 2.45) is 0 Å².